The van der Waals surface area contributed by atoms with Gasteiger partial charge in [-0.15, -0.1) is 0 Å². The molecule has 1 aromatic carbocycles. The van der Waals surface area contributed by atoms with E-state index in [-0.39, 0.29) is 0 Å². The average molecular weight is 215 g/mol. The summed E-state index contributed by atoms with van der Waals surface area (Å²) in [6.45, 7) is 3.99. The van der Waals surface area contributed by atoms with Crippen LogP contribution in [0.1, 0.15) is 11.1 Å². The standard InChI is InChI=1S/C12H13N3O/c1-8-3-4-9(2)11(5-8)16-12-14-6-10(13)7-15-12/h3-7H,13H2,1-2H3. The maximum Gasteiger partial charge on any atom is 0.322 e. The molecule has 4 nitrogen and oxygen atoms in total. The number of hydrogen-bond donors (Lipinski definition) is 1. The van der Waals surface area contributed by atoms with Gasteiger partial charge >= 0.3 is 6.01 Å². The molecular formula is C12H13N3O. The summed E-state index contributed by atoms with van der Waals surface area (Å²) in [6.07, 6.45) is 3.04. The Morgan fingerprint density at radius 3 is 2.50 bits per heavy atom. The number of nitrogens with two attached hydrogens (primary N) is 1. The minimum Gasteiger partial charge on any atom is -0.424 e. The van der Waals surface area contributed by atoms with Crippen molar-refractivity contribution in [2.45, 2.75) is 13.8 Å². The molecule has 0 atom stereocenters. The molecule has 82 valence electrons. The first-order chi connectivity index (χ1) is 7.65. The molecule has 0 aliphatic carbocycles. The summed E-state index contributed by atoms with van der Waals surface area (Å²) >= 11 is 0. The lowest BCUT2D eigenvalue weighted by atomic mass is 10.1. The Labute approximate surface area is 94.1 Å². The highest BCUT2D eigenvalue weighted by molar-refractivity contribution is 5.38. The van der Waals surface area contributed by atoms with Crippen LogP contribution in [0.2, 0.25) is 0 Å². The van der Waals surface area contributed by atoms with Crippen molar-refractivity contribution in [1.82, 2.24) is 9.97 Å². The van der Waals surface area contributed by atoms with Gasteiger partial charge in [-0.2, -0.15) is 0 Å². The van der Waals surface area contributed by atoms with Gasteiger partial charge in [0.1, 0.15) is 5.75 Å². The molecule has 0 radical (unpaired) electrons. The van der Waals surface area contributed by atoms with Gasteiger partial charge in [0.25, 0.3) is 0 Å². The van der Waals surface area contributed by atoms with Crippen molar-refractivity contribution in [3.63, 3.8) is 0 Å². The minimum atomic E-state index is 0.308. The van der Waals surface area contributed by atoms with Crippen LogP contribution in [-0.4, -0.2) is 9.97 Å². The van der Waals surface area contributed by atoms with E-state index in [1.54, 1.807) is 0 Å². The normalized spacial score (nSPS) is 10.1. The average Bonchev–Trinajstić information content (AvgIpc) is 2.27. The van der Waals surface area contributed by atoms with E-state index in [0.29, 0.717) is 11.7 Å². The summed E-state index contributed by atoms with van der Waals surface area (Å²) in [5, 5.41) is 0. The zero-order chi connectivity index (χ0) is 11.5. The third-order valence-electron chi connectivity index (χ3n) is 2.19. The van der Waals surface area contributed by atoms with Gasteiger partial charge in [0.15, 0.2) is 0 Å². The molecule has 1 aromatic heterocycles. The van der Waals surface area contributed by atoms with Crippen LogP contribution in [0.15, 0.2) is 30.6 Å². The van der Waals surface area contributed by atoms with E-state index in [0.717, 1.165) is 16.9 Å². The fraction of sp³-hybridized carbons (Fsp3) is 0.167. The number of aromatic nitrogens is 2. The fourth-order valence-corrected chi connectivity index (χ4v) is 1.29. The second kappa shape index (κ2) is 4.18. The largest absolute Gasteiger partial charge is 0.424 e. The Bertz CT molecular complexity index is 494. The summed E-state index contributed by atoms with van der Waals surface area (Å²) in [5.74, 6) is 0.768. The van der Waals surface area contributed by atoms with Gasteiger partial charge in [-0.1, -0.05) is 12.1 Å². The molecule has 0 aliphatic rings. The molecule has 0 amide bonds. The first-order valence-corrected chi connectivity index (χ1v) is 4.98. The molecule has 0 saturated carbocycles. The second-order valence-electron chi connectivity index (χ2n) is 3.67. The highest BCUT2D eigenvalue weighted by atomic mass is 16.5. The van der Waals surface area contributed by atoms with Crippen molar-refractivity contribution in [2.75, 3.05) is 5.73 Å². The van der Waals surface area contributed by atoms with Crippen molar-refractivity contribution >= 4 is 5.69 Å². The van der Waals surface area contributed by atoms with Crippen LogP contribution in [0.4, 0.5) is 5.69 Å². The van der Waals surface area contributed by atoms with E-state index in [1.165, 1.54) is 12.4 Å². The lowest BCUT2D eigenvalue weighted by Gasteiger charge is -2.07. The van der Waals surface area contributed by atoms with Crippen molar-refractivity contribution in [2.24, 2.45) is 0 Å². The Morgan fingerprint density at radius 2 is 1.81 bits per heavy atom. The van der Waals surface area contributed by atoms with Crippen LogP contribution in [0.3, 0.4) is 0 Å². The summed E-state index contributed by atoms with van der Waals surface area (Å²) in [6, 6.07) is 6.30. The SMILES string of the molecule is Cc1ccc(C)c(Oc2ncc(N)cn2)c1. The molecule has 4 heteroatoms. The van der Waals surface area contributed by atoms with E-state index in [1.807, 2.05) is 32.0 Å². The lowest BCUT2D eigenvalue weighted by Crippen LogP contribution is -1.95. The third kappa shape index (κ3) is 2.28. The number of benzene rings is 1. The van der Waals surface area contributed by atoms with Crippen molar-refractivity contribution in [1.29, 1.82) is 0 Å². The first kappa shape index (κ1) is 10.4. The van der Waals surface area contributed by atoms with Crippen LogP contribution >= 0.6 is 0 Å². The number of rotatable bonds is 2. The van der Waals surface area contributed by atoms with Crippen molar-refractivity contribution < 1.29 is 4.74 Å². The van der Waals surface area contributed by atoms with Gasteiger partial charge < -0.3 is 10.5 Å². The molecule has 0 unspecified atom stereocenters. The van der Waals surface area contributed by atoms with Crippen molar-refractivity contribution in [3.8, 4) is 11.8 Å². The molecule has 0 bridgehead atoms. The topological polar surface area (TPSA) is 61.0 Å². The fourth-order valence-electron chi connectivity index (χ4n) is 1.29. The maximum atomic E-state index is 5.57. The van der Waals surface area contributed by atoms with Crippen LogP contribution in [0, 0.1) is 13.8 Å². The number of nitrogen functional groups attached to an aromatic ring is 1. The highest BCUT2D eigenvalue weighted by Crippen LogP contribution is 2.23. The van der Waals surface area contributed by atoms with E-state index in [9.17, 15) is 0 Å². The maximum absolute atomic E-state index is 5.57. The zero-order valence-corrected chi connectivity index (χ0v) is 9.27. The predicted molar refractivity (Wildman–Crippen MR) is 62.4 cm³/mol. The van der Waals surface area contributed by atoms with Crippen LogP contribution in [0.5, 0.6) is 11.8 Å². The van der Waals surface area contributed by atoms with E-state index >= 15 is 0 Å². The highest BCUT2D eigenvalue weighted by Gasteiger charge is 2.03. The van der Waals surface area contributed by atoms with Gasteiger partial charge in [-0.25, -0.2) is 9.97 Å². The molecule has 16 heavy (non-hydrogen) atoms. The number of hydrogen-bond acceptors (Lipinski definition) is 4. The third-order valence-corrected chi connectivity index (χ3v) is 2.19. The van der Waals surface area contributed by atoms with Crippen molar-refractivity contribution in [3.05, 3.63) is 41.7 Å². The quantitative estimate of drug-likeness (QED) is 0.835. The van der Waals surface area contributed by atoms with Crippen LogP contribution in [-0.2, 0) is 0 Å². The molecule has 0 aliphatic heterocycles. The first-order valence-electron chi connectivity index (χ1n) is 4.98. The van der Waals surface area contributed by atoms with Gasteiger partial charge in [0.05, 0.1) is 18.1 Å². The Morgan fingerprint density at radius 1 is 1.12 bits per heavy atom. The minimum absolute atomic E-state index is 0.308. The number of ether oxygens (including phenoxy) is 1. The molecule has 0 saturated heterocycles. The molecule has 2 N–H and O–H groups in total. The van der Waals surface area contributed by atoms with Gasteiger partial charge in [-0.05, 0) is 31.0 Å². The molecule has 0 spiro atoms. The van der Waals surface area contributed by atoms with Crippen LogP contribution < -0.4 is 10.5 Å². The molecule has 2 aromatic rings. The number of anilines is 1. The second-order valence-corrected chi connectivity index (χ2v) is 3.67. The number of nitrogens with zero attached hydrogens (tertiary/aromatic N) is 2. The summed E-state index contributed by atoms with van der Waals surface area (Å²) in [7, 11) is 0. The summed E-state index contributed by atoms with van der Waals surface area (Å²) in [4.78, 5) is 7.97. The van der Waals surface area contributed by atoms with Gasteiger partial charge in [-0.3, -0.25) is 0 Å². The predicted octanol–water partition coefficient (Wildman–Crippen LogP) is 2.47. The Hall–Kier alpha value is -2.10. The van der Waals surface area contributed by atoms with E-state index in [2.05, 4.69) is 9.97 Å². The van der Waals surface area contributed by atoms with E-state index in [4.69, 9.17) is 10.5 Å². The molecule has 1 heterocycles. The summed E-state index contributed by atoms with van der Waals surface area (Å²) in [5.41, 5.74) is 8.20. The molecular weight excluding hydrogens is 202 g/mol. The monoisotopic (exact) mass is 215 g/mol. The van der Waals surface area contributed by atoms with E-state index < -0.39 is 0 Å². The Kier molecular flexibility index (Phi) is 2.72. The summed E-state index contributed by atoms with van der Waals surface area (Å²) < 4.78 is 5.57. The zero-order valence-electron chi connectivity index (χ0n) is 9.27. The molecule has 2 rings (SSSR count). The van der Waals surface area contributed by atoms with Gasteiger partial charge in [0, 0.05) is 0 Å². The lowest BCUT2D eigenvalue weighted by molar-refractivity contribution is 0.438. The molecule has 0 fully saturated rings. The van der Waals surface area contributed by atoms with Gasteiger partial charge in [0.2, 0.25) is 0 Å². The smallest absolute Gasteiger partial charge is 0.322 e. The number of aryl methyl sites for hydroxylation is 2. The van der Waals surface area contributed by atoms with Crippen LogP contribution in [0.25, 0.3) is 0 Å². The Balaban J connectivity index is 2.26.